The van der Waals surface area contributed by atoms with Gasteiger partial charge in [0.2, 0.25) is 0 Å². The van der Waals surface area contributed by atoms with Gasteiger partial charge in [0.25, 0.3) is 11.8 Å². The number of fused-ring (bicyclic) bond motifs is 1. The van der Waals surface area contributed by atoms with Crippen LogP contribution in [0.4, 0.5) is 4.39 Å². The van der Waals surface area contributed by atoms with Crippen LogP contribution in [0.15, 0.2) is 41.8 Å². The number of nitrogens with zero attached hydrogens (tertiary/aromatic N) is 3. The second kappa shape index (κ2) is 7.39. The zero-order chi connectivity index (χ0) is 19.8. The summed E-state index contributed by atoms with van der Waals surface area (Å²) in [6.45, 7) is 5.92. The number of amides is 2. The van der Waals surface area contributed by atoms with Crippen molar-refractivity contribution in [1.29, 1.82) is 0 Å². The number of halogens is 1. The first-order valence-corrected chi connectivity index (χ1v) is 10.3. The lowest BCUT2D eigenvalue weighted by Gasteiger charge is -2.40. The quantitative estimate of drug-likeness (QED) is 0.672. The average molecular weight is 399 g/mol. The summed E-state index contributed by atoms with van der Waals surface area (Å²) >= 11 is 1.63. The summed E-state index contributed by atoms with van der Waals surface area (Å²) in [5.74, 6) is -0.857. The van der Waals surface area contributed by atoms with Gasteiger partial charge < -0.3 is 14.4 Å². The topological polar surface area (TPSA) is 45.6 Å². The van der Waals surface area contributed by atoms with Gasteiger partial charge in [0, 0.05) is 37.6 Å². The van der Waals surface area contributed by atoms with Crippen molar-refractivity contribution in [2.24, 2.45) is 0 Å². The van der Waals surface area contributed by atoms with E-state index in [0.717, 1.165) is 16.8 Å². The molecule has 1 atom stereocenters. The SMILES string of the molecule is CCn1c(C(=O)N2CCN(C(=O)c3ccccc3F)[C@H](C)C2)cc2ccsc21. The van der Waals surface area contributed by atoms with Gasteiger partial charge in [-0.15, -0.1) is 11.3 Å². The van der Waals surface area contributed by atoms with E-state index in [-0.39, 0.29) is 23.4 Å². The first kappa shape index (κ1) is 18.7. The van der Waals surface area contributed by atoms with E-state index in [0.29, 0.717) is 25.3 Å². The lowest BCUT2D eigenvalue weighted by atomic mass is 10.1. The smallest absolute Gasteiger partial charge is 0.270 e. The molecule has 0 N–H and O–H groups in total. The third kappa shape index (κ3) is 3.09. The molecule has 0 radical (unpaired) electrons. The van der Waals surface area contributed by atoms with Gasteiger partial charge in [0.1, 0.15) is 16.3 Å². The lowest BCUT2D eigenvalue weighted by Crippen LogP contribution is -2.55. The van der Waals surface area contributed by atoms with E-state index in [4.69, 9.17) is 0 Å². The number of aromatic nitrogens is 1. The number of benzene rings is 1. The van der Waals surface area contributed by atoms with Crippen molar-refractivity contribution in [3.63, 3.8) is 0 Å². The van der Waals surface area contributed by atoms with Crippen LogP contribution < -0.4 is 0 Å². The number of hydrogen-bond donors (Lipinski definition) is 0. The van der Waals surface area contributed by atoms with E-state index in [1.165, 1.54) is 12.1 Å². The molecule has 28 heavy (non-hydrogen) atoms. The van der Waals surface area contributed by atoms with Gasteiger partial charge in [-0.2, -0.15) is 0 Å². The molecule has 1 aliphatic heterocycles. The monoisotopic (exact) mass is 399 g/mol. The third-order valence-corrected chi connectivity index (χ3v) is 6.27. The predicted octanol–water partition coefficient (Wildman–Crippen LogP) is 3.85. The van der Waals surface area contributed by atoms with Gasteiger partial charge in [-0.3, -0.25) is 9.59 Å². The van der Waals surface area contributed by atoms with Gasteiger partial charge in [0.15, 0.2) is 0 Å². The highest BCUT2D eigenvalue weighted by molar-refractivity contribution is 7.16. The van der Waals surface area contributed by atoms with Gasteiger partial charge in [-0.25, -0.2) is 4.39 Å². The van der Waals surface area contributed by atoms with Gasteiger partial charge in [-0.1, -0.05) is 12.1 Å². The summed E-state index contributed by atoms with van der Waals surface area (Å²) in [6, 6.07) is 9.81. The fraction of sp³-hybridized carbons (Fsp3) is 0.333. The standard InChI is InChI=1S/C21H22FN3O2S/c1-3-24-18(12-15-8-11-28-21(15)24)20(27)23-9-10-25(14(2)13-23)19(26)16-6-4-5-7-17(16)22/h4-8,11-12,14H,3,9-10,13H2,1-2H3/t14-/m1/s1. The Balaban J connectivity index is 1.52. The van der Waals surface area contributed by atoms with Crippen molar-refractivity contribution in [1.82, 2.24) is 14.4 Å². The van der Waals surface area contributed by atoms with Crippen LogP contribution >= 0.6 is 11.3 Å². The third-order valence-electron chi connectivity index (χ3n) is 5.32. The molecule has 1 aliphatic rings. The molecule has 4 rings (SSSR count). The number of hydrogen-bond acceptors (Lipinski definition) is 3. The number of rotatable bonds is 3. The first-order valence-electron chi connectivity index (χ1n) is 9.42. The number of aryl methyl sites for hydroxylation is 1. The minimum absolute atomic E-state index is 0.0184. The second-order valence-corrected chi connectivity index (χ2v) is 7.93. The van der Waals surface area contributed by atoms with Gasteiger partial charge in [0.05, 0.1) is 5.56 Å². The van der Waals surface area contributed by atoms with Gasteiger partial charge >= 0.3 is 0 Å². The molecule has 3 aromatic rings. The van der Waals surface area contributed by atoms with Gasteiger partial charge in [-0.05, 0) is 43.5 Å². The van der Waals surface area contributed by atoms with E-state index in [2.05, 4.69) is 0 Å². The van der Waals surface area contributed by atoms with Crippen molar-refractivity contribution in [2.45, 2.75) is 26.4 Å². The maximum absolute atomic E-state index is 14.0. The van der Waals surface area contributed by atoms with Crippen LogP contribution in [0.25, 0.3) is 10.2 Å². The van der Waals surface area contributed by atoms with Crippen LogP contribution in [0.1, 0.15) is 34.7 Å². The fourth-order valence-corrected chi connectivity index (χ4v) is 4.82. The predicted molar refractivity (Wildman–Crippen MR) is 108 cm³/mol. The molecule has 0 spiro atoms. The minimum atomic E-state index is -0.515. The Morgan fingerprint density at radius 3 is 2.68 bits per heavy atom. The fourth-order valence-electron chi connectivity index (χ4n) is 3.86. The van der Waals surface area contributed by atoms with E-state index >= 15 is 0 Å². The molecule has 1 fully saturated rings. The summed E-state index contributed by atoms with van der Waals surface area (Å²) in [7, 11) is 0. The molecule has 1 aromatic carbocycles. The highest BCUT2D eigenvalue weighted by Crippen LogP contribution is 2.27. The molecular weight excluding hydrogens is 377 g/mol. The van der Waals surface area contributed by atoms with Crippen molar-refractivity contribution in [3.8, 4) is 0 Å². The molecule has 3 heterocycles. The number of carbonyl (C=O) groups excluding carboxylic acids is 2. The maximum Gasteiger partial charge on any atom is 0.270 e. The Hall–Kier alpha value is -2.67. The van der Waals surface area contributed by atoms with Crippen LogP contribution in [0, 0.1) is 5.82 Å². The van der Waals surface area contributed by atoms with Crippen molar-refractivity contribution < 1.29 is 14.0 Å². The summed E-state index contributed by atoms with van der Waals surface area (Å²) in [4.78, 5) is 30.4. The van der Waals surface area contributed by atoms with E-state index in [9.17, 15) is 14.0 Å². The molecule has 0 saturated carbocycles. The normalized spacial score (nSPS) is 17.3. The Kier molecular flexibility index (Phi) is 4.93. The van der Waals surface area contributed by atoms with Crippen LogP contribution in [0.2, 0.25) is 0 Å². The van der Waals surface area contributed by atoms with Crippen molar-refractivity contribution in [3.05, 3.63) is 58.9 Å². The summed E-state index contributed by atoms with van der Waals surface area (Å²) in [5.41, 5.74) is 0.764. The molecule has 0 bridgehead atoms. The zero-order valence-electron chi connectivity index (χ0n) is 15.9. The zero-order valence-corrected chi connectivity index (χ0v) is 16.7. The number of thiophene rings is 1. The highest BCUT2D eigenvalue weighted by atomic mass is 32.1. The lowest BCUT2D eigenvalue weighted by molar-refractivity contribution is 0.0406. The second-order valence-electron chi connectivity index (χ2n) is 7.03. The Morgan fingerprint density at radius 1 is 1.18 bits per heavy atom. The molecule has 2 aromatic heterocycles. The molecule has 0 aliphatic carbocycles. The van der Waals surface area contributed by atoms with Crippen molar-refractivity contribution in [2.75, 3.05) is 19.6 Å². The molecule has 7 heteroatoms. The van der Waals surface area contributed by atoms with Crippen molar-refractivity contribution >= 4 is 33.4 Å². The van der Waals surface area contributed by atoms with Crippen LogP contribution in [0.3, 0.4) is 0 Å². The summed E-state index contributed by atoms with van der Waals surface area (Å²) < 4.78 is 16.0. The van der Waals surface area contributed by atoms with E-state index < -0.39 is 5.82 Å². The number of piperazine rings is 1. The first-order chi connectivity index (χ1) is 13.5. The van der Waals surface area contributed by atoms with E-state index in [1.54, 1.807) is 33.3 Å². The van der Waals surface area contributed by atoms with Crippen LogP contribution in [-0.2, 0) is 6.54 Å². The molecule has 2 amide bonds. The molecule has 0 unspecified atom stereocenters. The summed E-state index contributed by atoms with van der Waals surface area (Å²) in [6.07, 6.45) is 0. The molecule has 146 valence electrons. The Bertz CT molecular complexity index is 1040. The molecule has 1 saturated heterocycles. The van der Waals surface area contributed by atoms with Crippen LogP contribution in [0.5, 0.6) is 0 Å². The number of carbonyl (C=O) groups is 2. The minimum Gasteiger partial charge on any atom is -0.334 e. The molecule has 5 nitrogen and oxygen atoms in total. The summed E-state index contributed by atoms with van der Waals surface area (Å²) in [5, 5.41) is 3.11. The Morgan fingerprint density at radius 2 is 1.96 bits per heavy atom. The van der Waals surface area contributed by atoms with Crippen LogP contribution in [-0.4, -0.2) is 51.9 Å². The average Bonchev–Trinajstić information content (AvgIpc) is 3.28. The maximum atomic E-state index is 14.0. The van der Waals surface area contributed by atoms with E-state index in [1.807, 2.05) is 35.9 Å². The largest absolute Gasteiger partial charge is 0.334 e. The molecular formula is C21H22FN3O2S. The Labute approximate surface area is 167 Å². The highest BCUT2D eigenvalue weighted by Gasteiger charge is 2.32.